The molecule has 4 heteroatoms. The van der Waals surface area contributed by atoms with Crippen LogP contribution >= 0.6 is 0 Å². The van der Waals surface area contributed by atoms with E-state index in [-0.39, 0.29) is 5.91 Å². The van der Waals surface area contributed by atoms with Gasteiger partial charge in [0.15, 0.2) is 0 Å². The van der Waals surface area contributed by atoms with Gasteiger partial charge in [-0.15, -0.1) is 0 Å². The Morgan fingerprint density at radius 1 is 1.57 bits per heavy atom. The van der Waals surface area contributed by atoms with Crippen molar-refractivity contribution in [3.8, 4) is 0 Å². The van der Waals surface area contributed by atoms with Crippen LogP contribution in [0.5, 0.6) is 0 Å². The number of hydrogen-bond donors (Lipinski definition) is 2. The maximum Gasteiger partial charge on any atom is 0.240 e. The van der Waals surface area contributed by atoms with Gasteiger partial charge in [0.2, 0.25) is 5.91 Å². The number of nitrogens with one attached hydrogen (secondary N) is 1. The zero-order chi connectivity index (χ0) is 10.8. The van der Waals surface area contributed by atoms with E-state index in [1.807, 2.05) is 13.8 Å². The van der Waals surface area contributed by atoms with E-state index in [0.717, 1.165) is 6.54 Å². The van der Waals surface area contributed by atoms with Crippen LogP contribution in [0.2, 0.25) is 0 Å². The number of nitrogens with two attached hydrogens (primary N) is 1. The zero-order valence-corrected chi connectivity index (χ0v) is 9.34. The Morgan fingerprint density at radius 2 is 2.14 bits per heavy atom. The molecule has 1 rings (SSSR count). The molecule has 0 aromatic carbocycles. The molecule has 4 nitrogen and oxygen atoms in total. The van der Waals surface area contributed by atoms with Crippen LogP contribution in [0, 0.1) is 5.41 Å². The molecule has 0 aromatic heterocycles. The average molecular weight is 199 g/mol. The van der Waals surface area contributed by atoms with E-state index in [1.165, 1.54) is 19.3 Å². The highest BCUT2D eigenvalue weighted by atomic mass is 16.2. The van der Waals surface area contributed by atoms with Crippen LogP contribution < -0.4 is 11.3 Å². The minimum atomic E-state index is -0.404. The maximum atomic E-state index is 11.4. The third kappa shape index (κ3) is 2.45. The fourth-order valence-corrected chi connectivity index (χ4v) is 1.85. The fourth-order valence-electron chi connectivity index (χ4n) is 1.85. The van der Waals surface area contributed by atoms with Crippen molar-refractivity contribution in [3.63, 3.8) is 0 Å². The molecule has 0 atom stereocenters. The van der Waals surface area contributed by atoms with Crippen molar-refractivity contribution in [2.45, 2.75) is 39.2 Å². The molecule has 0 spiro atoms. The maximum absolute atomic E-state index is 11.4. The molecule has 82 valence electrons. The lowest BCUT2D eigenvalue weighted by atomic mass is 9.87. The summed E-state index contributed by atoms with van der Waals surface area (Å²) in [6.45, 7) is 4.61. The van der Waals surface area contributed by atoms with E-state index in [9.17, 15) is 4.79 Å². The van der Waals surface area contributed by atoms with Crippen molar-refractivity contribution in [2.75, 3.05) is 13.6 Å². The lowest BCUT2D eigenvalue weighted by molar-refractivity contribution is -0.130. The molecule has 0 bridgehead atoms. The van der Waals surface area contributed by atoms with Gasteiger partial charge < -0.3 is 4.90 Å². The van der Waals surface area contributed by atoms with E-state index in [1.54, 1.807) is 0 Å². The SMILES string of the molecule is CN(CC(C)(C)C(=O)NN)C1CCC1. The molecule has 1 saturated carbocycles. The van der Waals surface area contributed by atoms with Gasteiger partial charge in [-0.05, 0) is 33.7 Å². The van der Waals surface area contributed by atoms with Crippen LogP contribution in [0.1, 0.15) is 33.1 Å². The molecule has 1 aliphatic rings. The Morgan fingerprint density at radius 3 is 2.50 bits per heavy atom. The molecule has 1 aliphatic carbocycles. The minimum Gasteiger partial charge on any atom is -0.302 e. The van der Waals surface area contributed by atoms with Crippen LogP contribution in [0.3, 0.4) is 0 Å². The fraction of sp³-hybridized carbons (Fsp3) is 0.900. The first-order chi connectivity index (χ1) is 6.47. The summed E-state index contributed by atoms with van der Waals surface area (Å²) in [5, 5.41) is 0. The standard InChI is InChI=1S/C10H21N3O/c1-10(2,9(14)12-11)7-13(3)8-5-4-6-8/h8H,4-7,11H2,1-3H3,(H,12,14). The quantitative estimate of drug-likeness (QED) is 0.393. The summed E-state index contributed by atoms with van der Waals surface area (Å²) >= 11 is 0. The number of carbonyl (C=O) groups excluding carboxylic acids is 1. The molecule has 3 N–H and O–H groups in total. The lowest BCUT2D eigenvalue weighted by Gasteiger charge is -2.38. The van der Waals surface area contributed by atoms with E-state index < -0.39 is 5.41 Å². The monoisotopic (exact) mass is 199 g/mol. The van der Waals surface area contributed by atoms with Gasteiger partial charge in [-0.2, -0.15) is 0 Å². The van der Waals surface area contributed by atoms with Crippen molar-refractivity contribution < 1.29 is 4.79 Å². The topological polar surface area (TPSA) is 58.4 Å². The second kappa shape index (κ2) is 4.28. The van der Waals surface area contributed by atoms with Gasteiger partial charge in [-0.1, -0.05) is 6.42 Å². The van der Waals surface area contributed by atoms with Gasteiger partial charge in [0.05, 0.1) is 5.41 Å². The third-order valence-electron chi connectivity index (χ3n) is 3.09. The summed E-state index contributed by atoms with van der Waals surface area (Å²) in [5.74, 6) is 5.04. The van der Waals surface area contributed by atoms with Crippen LogP contribution in [-0.4, -0.2) is 30.4 Å². The summed E-state index contributed by atoms with van der Waals surface area (Å²) in [4.78, 5) is 13.7. The van der Waals surface area contributed by atoms with Crippen molar-refractivity contribution in [1.82, 2.24) is 10.3 Å². The molecule has 0 aliphatic heterocycles. The zero-order valence-electron chi connectivity index (χ0n) is 9.34. The molecule has 0 heterocycles. The highest BCUT2D eigenvalue weighted by molar-refractivity contribution is 5.81. The van der Waals surface area contributed by atoms with E-state index >= 15 is 0 Å². The lowest BCUT2D eigenvalue weighted by Crippen LogP contribution is -2.49. The summed E-state index contributed by atoms with van der Waals surface area (Å²) < 4.78 is 0. The number of carbonyl (C=O) groups is 1. The summed E-state index contributed by atoms with van der Waals surface area (Å²) in [6, 6.07) is 0.667. The van der Waals surface area contributed by atoms with Crippen LogP contribution in [0.25, 0.3) is 0 Å². The second-order valence-electron chi connectivity index (χ2n) is 4.86. The predicted molar refractivity (Wildman–Crippen MR) is 56.4 cm³/mol. The molecule has 1 amide bonds. The van der Waals surface area contributed by atoms with Crippen molar-refractivity contribution >= 4 is 5.91 Å². The van der Waals surface area contributed by atoms with E-state index in [2.05, 4.69) is 17.4 Å². The first kappa shape index (κ1) is 11.5. The van der Waals surface area contributed by atoms with E-state index in [4.69, 9.17) is 5.84 Å². The summed E-state index contributed by atoms with van der Waals surface area (Å²) in [6.07, 6.45) is 3.84. The molecular weight excluding hydrogens is 178 g/mol. The smallest absolute Gasteiger partial charge is 0.240 e. The van der Waals surface area contributed by atoms with Gasteiger partial charge in [-0.3, -0.25) is 10.2 Å². The number of nitrogens with zero attached hydrogens (tertiary/aromatic N) is 1. The highest BCUT2D eigenvalue weighted by Gasteiger charge is 2.32. The molecule has 0 saturated heterocycles. The Bertz CT molecular complexity index is 211. The molecule has 0 unspecified atom stereocenters. The Balaban J connectivity index is 2.44. The second-order valence-corrected chi connectivity index (χ2v) is 4.86. The van der Waals surface area contributed by atoms with Gasteiger partial charge in [0.25, 0.3) is 0 Å². The Labute approximate surface area is 85.8 Å². The van der Waals surface area contributed by atoms with Gasteiger partial charge in [0.1, 0.15) is 0 Å². The normalized spacial score (nSPS) is 18.1. The molecule has 1 fully saturated rings. The Kier molecular flexibility index (Phi) is 3.50. The molecule has 14 heavy (non-hydrogen) atoms. The van der Waals surface area contributed by atoms with Crippen molar-refractivity contribution in [3.05, 3.63) is 0 Å². The summed E-state index contributed by atoms with van der Waals surface area (Å²) in [5.41, 5.74) is 1.82. The van der Waals surface area contributed by atoms with Crippen LogP contribution in [0.4, 0.5) is 0 Å². The first-order valence-corrected chi connectivity index (χ1v) is 5.18. The first-order valence-electron chi connectivity index (χ1n) is 5.18. The van der Waals surface area contributed by atoms with Crippen molar-refractivity contribution in [2.24, 2.45) is 11.3 Å². The summed E-state index contributed by atoms with van der Waals surface area (Å²) in [7, 11) is 2.08. The van der Waals surface area contributed by atoms with Gasteiger partial charge in [0, 0.05) is 12.6 Å². The minimum absolute atomic E-state index is 0.0938. The van der Waals surface area contributed by atoms with Crippen LogP contribution in [-0.2, 0) is 4.79 Å². The predicted octanol–water partition coefficient (Wildman–Crippen LogP) is 0.487. The number of rotatable bonds is 4. The van der Waals surface area contributed by atoms with Crippen LogP contribution in [0.15, 0.2) is 0 Å². The number of amides is 1. The Hall–Kier alpha value is -0.610. The molecule has 0 radical (unpaired) electrons. The molecule has 0 aromatic rings. The van der Waals surface area contributed by atoms with E-state index in [0.29, 0.717) is 6.04 Å². The number of hydrogen-bond acceptors (Lipinski definition) is 3. The van der Waals surface area contributed by atoms with Gasteiger partial charge in [-0.25, -0.2) is 5.84 Å². The molecular formula is C10H21N3O. The average Bonchev–Trinajstić information content (AvgIpc) is 1.98. The largest absolute Gasteiger partial charge is 0.302 e. The van der Waals surface area contributed by atoms with Gasteiger partial charge >= 0.3 is 0 Å². The number of hydrazine groups is 1. The third-order valence-corrected chi connectivity index (χ3v) is 3.09. The highest BCUT2D eigenvalue weighted by Crippen LogP contribution is 2.26. The van der Waals surface area contributed by atoms with Crippen molar-refractivity contribution in [1.29, 1.82) is 0 Å².